The van der Waals surface area contributed by atoms with Gasteiger partial charge >= 0.3 is 6.09 Å². The van der Waals surface area contributed by atoms with Crippen LogP contribution in [0.4, 0.5) is 9.18 Å². The van der Waals surface area contributed by atoms with Crippen molar-refractivity contribution in [3.8, 4) is 0 Å². The Morgan fingerprint density at radius 2 is 2.03 bits per heavy atom. The molecule has 162 valence electrons. The van der Waals surface area contributed by atoms with Gasteiger partial charge in [-0.1, -0.05) is 0 Å². The van der Waals surface area contributed by atoms with Crippen LogP contribution in [0.25, 0.3) is 10.9 Å². The number of carbonyl (C=O) groups is 2. The third-order valence-corrected chi connectivity index (χ3v) is 5.17. The molecule has 0 saturated carbocycles. The molecule has 1 aliphatic heterocycles. The number of rotatable bonds is 3. The number of hydrogen-bond acceptors (Lipinski definition) is 4. The molecule has 2 heterocycles. The second kappa shape index (κ2) is 8.58. The summed E-state index contributed by atoms with van der Waals surface area (Å²) in [6.07, 6.45) is 1.46. The average Bonchev–Trinajstić information content (AvgIpc) is 2.65. The second-order valence-corrected chi connectivity index (χ2v) is 9.09. The summed E-state index contributed by atoms with van der Waals surface area (Å²) in [5, 5.41) is 0.653. The van der Waals surface area contributed by atoms with Crippen LogP contribution in [0.15, 0.2) is 24.3 Å². The minimum Gasteiger partial charge on any atom is -0.444 e. The molecule has 3 rings (SSSR count). The predicted molar refractivity (Wildman–Crippen MR) is 114 cm³/mol. The maximum atomic E-state index is 13.6. The molecule has 1 saturated heterocycles. The van der Waals surface area contributed by atoms with Gasteiger partial charge in [-0.15, -0.1) is 0 Å². The van der Waals surface area contributed by atoms with E-state index in [0.717, 1.165) is 12.8 Å². The Hall–Kier alpha value is -2.70. The molecule has 7 heteroatoms. The van der Waals surface area contributed by atoms with Crippen molar-refractivity contribution >= 4 is 22.9 Å². The molecule has 6 nitrogen and oxygen atoms in total. The molecule has 30 heavy (non-hydrogen) atoms. The number of nitrogens with zero attached hydrogens (tertiary/aromatic N) is 3. The lowest BCUT2D eigenvalue weighted by molar-refractivity contribution is 0.0244. The van der Waals surface area contributed by atoms with E-state index in [2.05, 4.69) is 4.98 Å². The Balaban J connectivity index is 1.74. The van der Waals surface area contributed by atoms with Crippen LogP contribution in [0.5, 0.6) is 0 Å². The first-order valence-corrected chi connectivity index (χ1v) is 10.3. The number of piperidine rings is 1. The Morgan fingerprint density at radius 1 is 1.30 bits per heavy atom. The summed E-state index contributed by atoms with van der Waals surface area (Å²) < 4.78 is 19.0. The van der Waals surface area contributed by atoms with E-state index in [1.54, 1.807) is 31.0 Å². The third kappa shape index (κ3) is 5.26. The molecular formula is C23H30FN3O3. The number of likely N-dealkylation sites (tertiary alicyclic amines) is 1. The molecule has 1 unspecified atom stereocenters. The lowest BCUT2D eigenvalue weighted by Crippen LogP contribution is -2.45. The highest BCUT2D eigenvalue weighted by Crippen LogP contribution is 2.25. The summed E-state index contributed by atoms with van der Waals surface area (Å²) in [5.41, 5.74) is 1.16. The zero-order valence-corrected chi connectivity index (χ0v) is 18.4. The monoisotopic (exact) mass is 415 g/mol. The van der Waals surface area contributed by atoms with E-state index >= 15 is 0 Å². The first kappa shape index (κ1) is 22.0. The van der Waals surface area contributed by atoms with Crippen molar-refractivity contribution < 1.29 is 18.7 Å². The molecule has 1 aliphatic rings. The van der Waals surface area contributed by atoms with Crippen molar-refractivity contribution in [1.82, 2.24) is 14.8 Å². The lowest BCUT2D eigenvalue weighted by atomic mass is 9.96. The molecule has 2 aromatic rings. The topological polar surface area (TPSA) is 62.7 Å². The minimum atomic E-state index is -0.542. The highest BCUT2D eigenvalue weighted by atomic mass is 19.1. The number of aryl methyl sites for hydroxylation is 1. The van der Waals surface area contributed by atoms with E-state index < -0.39 is 5.60 Å². The van der Waals surface area contributed by atoms with Gasteiger partial charge in [0.05, 0.1) is 11.1 Å². The zero-order valence-electron chi connectivity index (χ0n) is 18.4. The fraction of sp³-hybridized carbons (Fsp3) is 0.522. The van der Waals surface area contributed by atoms with Crippen molar-refractivity contribution in [2.75, 3.05) is 26.7 Å². The van der Waals surface area contributed by atoms with E-state index in [-0.39, 0.29) is 23.7 Å². The van der Waals surface area contributed by atoms with Gasteiger partial charge in [0.25, 0.3) is 5.91 Å². The molecule has 0 spiro atoms. The SMILES string of the molecule is Cc1cc(C(=O)N2CCCC(CN(C)C(=O)OC(C)(C)C)C2)c2ccc(F)cc2n1. The largest absolute Gasteiger partial charge is 0.444 e. The van der Waals surface area contributed by atoms with Crippen molar-refractivity contribution in [3.05, 3.63) is 41.3 Å². The summed E-state index contributed by atoms with van der Waals surface area (Å²) in [7, 11) is 1.73. The number of fused-ring (bicyclic) bond motifs is 1. The number of ether oxygens (including phenoxy) is 1. The summed E-state index contributed by atoms with van der Waals surface area (Å²) >= 11 is 0. The highest BCUT2D eigenvalue weighted by molar-refractivity contribution is 6.06. The second-order valence-electron chi connectivity index (χ2n) is 9.09. The third-order valence-electron chi connectivity index (χ3n) is 5.17. The van der Waals surface area contributed by atoms with Gasteiger partial charge in [-0.3, -0.25) is 9.78 Å². The van der Waals surface area contributed by atoms with Gasteiger partial charge in [0.1, 0.15) is 11.4 Å². The molecule has 0 aliphatic carbocycles. The standard InChI is InChI=1S/C23H30FN3O3/c1-15-11-19(18-9-8-17(24)12-20(18)25-15)21(28)27-10-6-7-16(14-27)13-26(5)22(29)30-23(2,3)4/h8-9,11-12,16H,6-7,10,13-14H2,1-5H3. The summed E-state index contributed by atoms with van der Waals surface area (Å²) in [6, 6.07) is 6.08. The number of aromatic nitrogens is 1. The van der Waals surface area contributed by atoms with E-state index in [1.807, 2.05) is 25.7 Å². The van der Waals surface area contributed by atoms with Gasteiger partial charge in [-0.2, -0.15) is 0 Å². The number of hydrogen-bond donors (Lipinski definition) is 0. The number of carbonyl (C=O) groups excluding carboxylic acids is 2. The van der Waals surface area contributed by atoms with Crippen LogP contribution in [0.2, 0.25) is 0 Å². The van der Waals surface area contributed by atoms with Crippen LogP contribution in [-0.2, 0) is 4.74 Å². The van der Waals surface area contributed by atoms with Crippen molar-refractivity contribution in [2.24, 2.45) is 5.92 Å². The summed E-state index contributed by atoms with van der Waals surface area (Å²) in [4.78, 5) is 33.3. The van der Waals surface area contributed by atoms with Gasteiger partial charge in [-0.05, 0) is 64.7 Å². The number of amides is 2. The number of halogens is 1. The van der Waals surface area contributed by atoms with Crippen LogP contribution < -0.4 is 0 Å². The van der Waals surface area contributed by atoms with Crippen LogP contribution in [0, 0.1) is 18.7 Å². The molecule has 1 aromatic carbocycles. The van der Waals surface area contributed by atoms with E-state index in [4.69, 9.17) is 4.74 Å². The molecule has 1 atom stereocenters. The Kier molecular flexibility index (Phi) is 6.29. The fourth-order valence-corrected chi connectivity index (χ4v) is 3.88. The first-order valence-electron chi connectivity index (χ1n) is 10.3. The van der Waals surface area contributed by atoms with Crippen LogP contribution in [0.1, 0.15) is 49.7 Å². The fourth-order valence-electron chi connectivity index (χ4n) is 3.88. The zero-order chi connectivity index (χ0) is 22.1. The highest BCUT2D eigenvalue weighted by Gasteiger charge is 2.28. The average molecular weight is 416 g/mol. The maximum Gasteiger partial charge on any atom is 0.410 e. The maximum absolute atomic E-state index is 13.6. The van der Waals surface area contributed by atoms with E-state index in [9.17, 15) is 14.0 Å². The number of pyridine rings is 1. The number of benzene rings is 1. The molecule has 1 aromatic heterocycles. The van der Waals surface area contributed by atoms with Crippen molar-refractivity contribution in [1.29, 1.82) is 0 Å². The van der Waals surface area contributed by atoms with Gasteiger partial charge in [0, 0.05) is 43.8 Å². The molecular weight excluding hydrogens is 385 g/mol. The van der Waals surface area contributed by atoms with Crippen molar-refractivity contribution in [2.45, 2.75) is 46.1 Å². The van der Waals surface area contributed by atoms with Crippen LogP contribution >= 0.6 is 0 Å². The smallest absolute Gasteiger partial charge is 0.410 e. The summed E-state index contributed by atoms with van der Waals surface area (Å²) in [5.74, 6) is -0.282. The van der Waals surface area contributed by atoms with Gasteiger partial charge in [0.15, 0.2) is 0 Å². The van der Waals surface area contributed by atoms with Gasteiger partial charge in [-0.25, -0.2) is 9.18 Å². The van der Waals surface area contributed by atoms with Crippen LogP contribution in [0.3, 0.4) is 0 Å². The molecule has 0 bridgehead atoms. The molecule has 2 amide bonds. The molecule has 0 radical (unpaired) electrons. The normalized spacial score (nSPS) is 17.1. The Morgan fingerprint density at radius 3 is 2.73 bits per heavy atom. The van der Waals surface area contributed by atoms with E-state index in [0.29, 0.717) is 41.8 Å². The predicted octanol–water partition coefficient (Wildman–Crippen LogP) is 4.40. The minimum absolute atomic E-state index is 0.0817. The molecule has 0 N–H and O–H groups in total. The van der Waals surface area contributed by atoms with Crippen molar-refractivity contribution in [3.63, 3.8) is 0 Å². The molecule has 1 fully saturated rings. The van der Waals surface area contributed by atoms with Gasteiger partial charge in [0.2, 0.25) is 0 Å². The van der Waals surface area contributed by atoms with E-state index in [1.165, 1.54) is 12.1 Å². The summed E-state index contributed by atoms with van der Waals surface area (Å²) in [6.45, 7) is 9.08. The first-order chi connectivity index (χ1) is 14.0. The lowest BCUT2D eigenvalue weighted by Gasteiger charge is -2.35. The van der Waals surface area contributed by atoms with Gasteiger partial charge < -0.3 is 14.5 Å². The van der Waals surface area contributed by atoms with Crippen LogP contribution in [-0.4, -0.2) is 59.1 Å². The quantitative estimate of drug-likeness (QED) is 0.745. The Labute approximate surface area is 177 Å². The Bertz CT molecular complexity index is 949.